The Labute approximate surface area is 226 Å². The quantitative estimate of drug-likeness (QED) is 0.296. The number of hydrogen-bond donors (Lipinski definition) is 1. The second-order valence-electron chi connectivity index (χ2n) is 10.0. The Morgan fingerprint density at radius 3 is 2.19 bits per heavy atom. The van der Waals surface area contributed by atoms with E-state index in [2.05, 4.69) is 55.1 Å². The van der Waals surface area contributed by atoms with Crippen LogP contribution in [0.3, 0.4) is 0 Å². The first-order chi connectivity index (χ1) is 17.9. The van der Waals surface area contributed by atoms with Crippen molar-refractivity contribution in [2.24, 2.45) is 29.6 Å². The summed E-state index contributed by atoms with van der Waals surface area (Å²) < 4.78 is 10.5. The molecule has 37 heavy (non-hydrogen) atoms. The minimum Gasteiger partial charge on any atom is -0.461 e. The van der Waals surface area contributed by atoms with Crippen LogP contribution in [-0.4, -0.2) is 41.8 Å². The van der Waals surface area contributed by atoms with Crippen LogP contribution in [0.15, 0.2) is 25.3 Å². The van der Waals surface area contributed by atoms with Crippen molar-refractivity contribution >= 4 is 23.7 Å². The fourth-order valence-electron chi connectivity index (χ4n) is 5.27. The average molecular weight is 523 g/mol. The van der Waals surface area contributed by atoms with Crippen molar-refractivity contribution < 1.29 is 19.1 Å². The standard InChI is InChI=1S/C30H38N2O4S/c1-4-24-17-22(10-7-21-8-11-23(18-31)12-9-21)13-14-25(24)15-16-28-32-26(19-35-29(33)5-2)27(37-28)20-36-30(34)6-3/h5-6,21-28,32H,2-4,8-9,11-14,17,19-20H2,1H3. The van der Waals surface area contributed by atoms with E-state index in [0.29, 0.717) is 23.7 Å². The number of nitrogens with zero attached hydrogens (tertiary/aromatic N) is 1. The van der Waals surface area contributed by atoms with Gasteiger partial charge in [0.2, 0.25) is 0 Å². The summed E-state index contributed by atoms with van der Waals surface area (Å²) in [6, 6.07) is 2.22. The van der Waals surface area contributed by atoms with Crippen LogP contribution in [0.2, 0.25) is 0 Å². The molecular weight excluding hydrogens is 484 g/mol. The summed E-state index contributed by atoms with van der Waals surface area (Å²) in [5, 5.41) is 12.3. The number of carbonyl (C=O) groups is 2. The molecule has 2 saturated carbocycles. The fraction of sp³-hybridized carbons (Fsp3) is 0.633. The second kappa shape index (κ2) is 14.9. The van der Waals surface area contributed by atoms with Gasteiger partial charge < -0.3 is 9.47 Å². The maximum absolute atomic E-state index is 11.5. The third-order valence-electron chi connectivity index (χ3n) is 7.56. The van der Waals surface area contributed by atoms with E-state index in [1.807, 2.05) is 0 Å². The molecule has 1 aliphatic heterocycles. The van der Waals surface area contributed by atoms with Crippen LogP contribution >= 0.6 is 11.8 Å². The predicted molar refractivity (Wildman–Crippen MR) is 146 cm³/mol. The van der Waals surface area contributed by atoms with Crippen molar-refractivity contribution in [3.63, 3.8) is 0 Å². The van der Waals surface area contributed by atoms with Gasteiger partial charge in [-0.2, -0.15) is 5.26 Å². The largest absolute Gasteiger partial charge is 0.461 e. The normalized spacial score (nSPS) is 32.9. The van der Waals surface area contributed by atoms with Crippen molar-refractivity contribution in [1.82, 2.24) is 5.32 Å². The van der Waals surface area contributed by atoms with E-state index in [-0.39, 0.29) is 35.8 Å². The van der Waals surface area contributed by atoms with Crippen molar-refractivity contribution in [3.05, 3.63) is 25.3 Å². The van der Waals surface area contributed by atoms with E-state index in [0.717, 1.165) is 63.5 Å². The number of carbonyl (C=O) groups excluding carboxylic acids is 2. The van der Waals surface area contributed by atoms with Crippen molar-refractivity contribution in [2.75, 3.05) is 13.2 Å². The number of thioether (sulfide) groups is 1. The molecule has 0 aromatic heterocycles. The van der Waals surface area contributed by atoms with Gasteiger partial charge in [0.25, 0.3) is 0 Å². The SMILES string of the molecule is C=CC(=O)OCC1NC(C#CC2CCC(C#CC3CCC(C#N)CC3)CC2CC)SC1COC(=O)C=C. The van der Waals surface area contributed by atoms with Crippen LogP contribution in [0.1, 0.15) is 58.3 Å². The Morgan fingerprint density at radius 1 is 0.919 bits per heavy atom. The summed E-state index contributed by atoms with van der Waals surface area (Å²) in [4.78, 5) is 23.1. The van der Waals surface area contributed by atoms with E-state index >= 15 is 0 Å². The Hall–Kier alpha value is -2.66. The number of esters is 2. The summed E-state index contributed by atoms with van der Waals surface area (Å²) >= 11 is 1.60. The monoisotopic (exact) mass is 522 g/mol. The van der Waals surface area contributed by atoms with Crippen LogP contribution < -0.4 is 5.32 Å². The van der Waals surface area contributed by atoms with Gasteiger partial charge in [0.15, 0.2) is 0 Å². The topological polar surface area (TPSA) is 88.4 Å². The van der Waals surface area contributed by atoms with Crippen LogP contribution in [0.5, 0.6) is 0 Å². The van der Waals surface area contributed by atoms with E-state index in [9.17, 15) is 9.59 Å². The van der Waals surface area contributed by atoms with Crippen LogP contribution in [-0.2, 0) is 19.1 Å². The number of rotatable bonds is 7. The van der Waals surface area contributed by atoms with Crippen LogP contribution in [0.25, 0.3) is 0 Å². The molecule has 7 heteroatoms. The molecule has 0 aromatic rings. The first-order valence-electron chi connectivity index (χ1n) is 13.4. The number of hydrogen-bond acceptors (Lipinski definition) is 7. The fourth-order valence-corrected chi connectivity index (χ4v) is 6.51. The highest BCUT2D eigenvalue weighted by Crippen LogP contribution is 2.36. The third-order valence-corrected chi connectivity index (χ3v) is 8.90. The molecule has 0 amide bonds. The summed E-state index contributed by atoms with van der Waals surface area (Å²) in [5.41, 5.74) is 0. The molecule has 198 valence electrons. The van der Waals surface area contributed by atoms with Gasteiger partial charge in [-0.1, -0.05) is 50.2 Å². The van der Waals surface area contributed by atoms with Crippen molar-refractivity contribution in [1.29, 1.82) is 5.26 Å². The molecule has 6 atom stereocenters. The Kier molecular flexibility index (Phi) is 11.7. The molecule has 1 N–H and O–H groups in total. The molecule has 6 unspecified atom stereocenters. The minimum absolute atomic E-state index is 0.0861. The van der Waals surface area contributed by atoms with Crippen molar-refractivity contribution in [2.45, 2.75) is 75.0 Å². The first kappa shape index (κ1) is 28.9. The molecule has 1 heterocycles. The number of nitriles is 1. The highest BCUT2D eigenvalue weighted by atomic mass is 32.2. The second-order valence-corrected chi connectivity index (χ2v) is 11.4. The minimum atomic E-state index is -0.483. The van der Waals surface area contributed by atoms with E-state index in [1.165, 1.54) is 0 Å². The van der Waals surface area contributed by atoms with Gasteiger partial charge in [0.05, 0.1) is 17.4 Å². The number of ether oxygens (including phenoxy) is 2. The number of nitrogens with one attached hydrogen (secondary N) is 1. The van der Waals surface area contributed by atoms with Crippen molar-refractivity contribution in [3.8, 4) is 29.8 Å². The lowest BCUT2D eigenvalue weighted by Gasteiger charge is -2.31. The lowest BCUT2D eigenvalue weighted by atomic mass is 9.73. The highest BCUT2D eigenvalue weighted by molar-refractivity contribution is 8.01. The van der Waals surface area contributed by atoms with Gasteiger partial charge in [-0.05, 0) is 50.9 Å². The molecule has 1 saturated heterocycles. The Balaban J connectivity index is 1.55. The maximum atomic E-state index is 11.5. The average Bonchev–Trinajstić information content (AvgIpc) is 3.34. The molecule has 0 aromatic carbocycles. The predicted octanol–water partition coefficient (Wildman–Crippen LogP) is 4.62. The summed E-state index contributed by atoms with van der Waals surface area (Å²) in [6.45, 7) is 9.45. The van der Waals surface area contributed by atoms with Gasteiger partial charge in [-0.15, -0.1) is 11.8 Å². The molecular formula is C30H38N2O4S. The molecule has 3 aliphatic rings. The first-order valence-corrected chi connectivity index (χ1v) is 14.3. The van der Waals surface area contributed by atoms with Crippen LogP contribution in [0.4, 0.5) is 0 Å². The van der Waals surface area contributed by atoms with Gasteiger partial charge in [-0.3, -0.25) is 5.32 Å². The highest BCUT2D eigenvalue weighted by Gasteiger charge is 2.36. The molecule has 6 nitrogen and oxygen atoms in total. The summed E-state index contributed by atoms with van der Waals surface area (Å²) in [7, 11) is 0. The van der Waals surface area contributed by atoms with Crippen LogP contribution in [0, 0.1) is 64.6 Å². The van der Waals surface area contributed by atoms with E-state index in [4.69, 9.17) is 14.7 Å². The van der Waals surface area contributed by atoms with E-state index in [1.54, 1.807) is 11.8 Å². The summed E-state index contributed by atoms with van der Waals surface area (Å²) in [5.74, 6) is 15.1. The molecule has 2 aliphatic carbocycles. The zero-order chi connectivity index (χ0) is 26.6. The molecule has 0 spiro atoms. The maximum Gasteiger partial charge on any atom is 0.330 e. The zero-order valence-corrected chi connectivity index (χ0v) is 22.6. The Bertz CT molecular complexity index is 957. The van der Waals surface area contributed by atoms with Gasteiger partial charge in [0.1, 0.15) is 18.6 Å². The lowest BCUT2D eigenvalue weighted by molar-refractivity contribution is -0.140. The van der Waals surface area contributed by atoms with Gasteiger partial charge in [-0.25, -0.2) is 9.59 Å². The Morgan fingerprint density at radius 2 is 1.54 bits per heavy atom. The van der Waals surface area contributed by atoms with Gasteiger partial charge in [0, 0.05) is 35.8 Å². The lowest BCUT2D eigenvalue weighted by Crippen LogP contribution is -2.39. The molecule has 3 fully saturated rings. The van der Waals surface area contributed by atoms with Gasteiger partial charge >= 0.3 is 11.9 Å². The third kappa shape index (κ3) is 8.99. The smallest absolute Gasteiger partial charge is 0.330 e. The molecule has 0 bridgehead atoms. The summed E-state index contributed by atoms with van der Waals surface area (Å²) in [6.07, 6.45) is 10.6. The molecule has 0 radical (unpaired) electrons. The molecule has 3 rings (SSSR count). The zero-order valence-electron chi connectivity index (χ0n) is 21.7. The van der Waals surface area contributed by atoms with E-state index < -0.39 is 11.9 Å².